The van der Waals surface area contributed by atoms with Crippen LogP contribution in [0.5, 0.6) is 0 Å². The van der Waals surface area contributed by atoms with Crippen LogP contribution in [0.15, 0.2) is 18.2 Å². The van der Waals surface area contributed by atoms with E-state index in [1.807, 2.05) is 18.7 Å². The minimum atomic E-state index is -0.976. The zero-order chi connectivity index (χ0) is 20.7. The zero-order valence-electron chi connectivity index (χ0n) is 16.2. The van der Waals surface area contributed by atoms with Crippen molar-refractivity contribution in [1.82, 2.24) is 20.0 Å². The van der Waals surface area contributed by atoms with Gasteiger partial charge < -0.3 is 15.1 Å². The second kappa shape index (κ2) is 10.1. The van der Waals surface area contributed by atoms with Gasteiger partial charge in [0.1, 0.15) is 11.6 Å². The van der Waals surface area contributed by atoms with Gasteiger partial charge in [-0.2, -0.15) is 0 Å². The van der Waals surface area contributed by atoms with Crippen molar-refractivity contribution in [3.63, 3.8) is 0 Å². The summed E-state index contributed by atoms with van der Waals surface area (Å²) in [5, 5.41) is 2.36. The Balaban J connectivity index is 1.77. The first kappa shape index (κ1) is 21.7. The number of hydrogen-bond acceptors (Lipinski definition) is 4. The lowest BCUT2D eigenvalue weighted by Crippen LogP contribution is -2.53. The molecule has 0 bridgehead atoms. The molecular formula is C19H26F2N4O3. The van der Waals surface area contributed by atoms with E-state index >= 15 is 0 Å². The number of amides is 3. The van der Waals surface area contributed by atoms with E-state index in [0.29, 0.717) is 51.9 Å². The van der Waals surface area contributed by atoms with E-state index < -0.39 is 17.5 Å². The van der Waals surface area contributed by atoms with Gasteiger partial charge in [0.05, 0.1) is 18.7 Å². The van der Waals surface area contributed by atoms with E-state index in [4.69, 9.17) is 0 Å². The number of nitrogens with zero attached hydrogens (tertiary/aromatic N) is 3. The van der Waals surface area contributed by atoms with Gasteiger partial charge in [0.2, 0.25) is 11.8 Å². The van der Waals surface area contributed by atoms with E-state index in [-0.39, 0.29) is 23.9 Å². The van der Waals surface area contributed by atoms with Gasteiger partial charge in [0.25, 0.3) is 5.91 Å². The first-order valence-electron chi connectivity index (χ1n) is 9.36. The number of carbonyl (C=O) groups excluding carboxylic acids is 3. The number of hydrogen-bond donors (Lipinski definition) is 1. The fourth-order valence-corrected chi connectivity index (χ4v) is 3.06. The molecule has 2 rings (SSSR count). The summed E-state index contributed by atoms with van der Waals surface area (Å²) in [5.41, 5.74) is -0.311. The molecule has 154 valence electrons. The van der Waals surface area contributed by atoms with Crippen LogP contribution < -0.4 is 5.32 Å². The number of likely N-dealkylation sites (N-methyl/N-ethyl adjacent to an activating group) is 1. The summed E-state index contributed by atoms with van der Waals surface area (Å²) in [6.07, 6.45) is 0. The summed E-state index contributed by atoms with van der Waals surface area (Å²) < 4.78 is 26.5. The molecular weight excluding hydrogens is 370 g/mol. The topological polar surface area (TPSA) is 73.0 Å². The van der Waals surface area contributed by atoms with Crippen LogP contribution >= 0.6 is 0 Å². The Labute approximate surface area is 163 Å². The van der Waals surface area contributed by atoms with Crippen LogP contribution in [0.3, 0.4) is 0 Å². The number of rotatable bonds is 7. The Kier molecular flexibility index (Phi) is 7.86. The van der Waals surface area contributed by atoms with Crippen molar-refractivity contribution in [3.8, 4) is 0 Å². The smallest absolute Gasteiger partial charge is 0.254 e. The second-order valence-corrected chi connectivity index (χ2v) is 6.53. The summed E-state index contributed by atoms with van der Waals surface area (Å²) in [4.78, 5) is 41.7. The number of carbonyl (C=O) groups is 3. The molecule has 0 aromatic heterocycles. The van der Waals surface area contributed by atoms with Gasteiger partial charge in [-0.05, 0) is 26.0 Å². The van der Waals surface area contributed by atoms with Crippen LogP contribution in [0, 0.1) is 11.6 Å². The van der Waals surface area contributed by atoms with E-state index in [1.54, 1.807) is 9.80 Å². The molecule has 1 aromatic carbocycles. The molecule has 9 heteroatoms. The Morgan fingerprint density at radius 3 is 2.29 bits per heavy atom. The van der Waals surface area contributed by atoms with E-state index in [9.17, 15) is 23.2 Å². The number of halogens is 2. The fraction of sp³-hybridized carbons (Fsp3) is 0.526. The molecule has 1 fully saturated rings. The average Bonchev–Trinajstić information content (AvgIpc) is 2.67. The van der Waals surface area contributed by atoms with Crippen LogP contribution in [-0.4, -0.2) is 84.8 Å². The van der Waals surface area contributed by atoms with Gasteiger partial charge >= 0.3 is 0 Å². The van der Waals surface area contributed by atoms with Crippen molar-refractivity contribution >= 4 is 17.7 Å². The molecule has 0 saturated carbocycles. The van der Waals surface area contributed by atoms with Crippen LogP contribution in [0.25, 0.3) is 0 Å². The maximum Gasteiger partial charge on any atom is 0.254 e. The highest BCUT2D eigenvalue weighted by atomic mass is 19.1. The molecule has 1 aliphatic rings. The highest BCUT2D eigenvalue weighted by molar-refractivity contribution is 5.96. The molecule has 1 aromatic rings. The first-order valence-corrected chi connectivity index (χ1v) is 9.36. The van der Waals surface area contributed by atoms with Crippen LogP contribution in [-0.2, 0) is 9.59 Å². The zero-order valence-corrected chi connectivity index (χ0v) is 16.2. The van der Waals surface area contributed by atoms with Gasteiger partial charge in [-0.1, -0.05) is 0 Å². The normalized spacial score (nSPS) is 14.6. The third kappa shape index (κ3) is 5.72. The van der Waals surface area contributed by atoms with Crippen molar-refractivity contribution in [2.24, 2.45) is 0 Å². The Morgan fingerprint density at radius 1 is 1.07 bits per heavy atom. The minimum absolute atomic E-state index is 0.0679. The summed E-state index contributed by atoms with van der Waals surface area (Å²) in [7, 11) is 0. The highest BCUT2D eigenvalue weighted by Crippen LogP contribution is 2.09. The number of piperazine rings is 1. The van der Waals surface area contributed by atoms with Crippen LogP contribution in [0.2, 0.25) is 0 Å². The van der Waals surface area contributed by atoms with E-state index in [2.05, 4.69) is 5.32 Å². The molecule has 3 amide bonds. The lowest BCUT2D eigenvalue weighted by molar-refractivity contribution is -0.134. The van der Waals surface area contributed by atoms with Gasteiger partial charge in [-0.25, -0.2) is 8.78 Å². The molecule has 28 heavy (non-hydrogen) atoms. The molecule has 0 radical (unpaired) electrons. The van der Waals surface area contributed by atoms with Crippen LogP contribution in [0.4, 0.5) is 8.78 Å². The van der Waals surface area contributed by atoms with Crippen molar-refractivity contribution in [2.45, 2.75) is 13.8 Å². The van der Waals surface area contributed by atoms with E-state index in [1.165, 1.54) is 0 Å². The monoisotopic (exact) mass is 396 g/mol. The molecule has 1 saturated heterocycles. The molecule has 1 N–H and O–H groups in total. The summed E-state index contributed by atoms with van der Waals surface area (Å²) >= 11 is 0. The van der Waals surface area contributed by atoms with Gasteiger partial charge in [0.15, 0.2) is 0 Å². The average molecular weight is 396 g/mol. The lowest BCUT2D eigenvalue weighted by Gasteiger charge is -2.35. The fourth-order valence-electron chi connectivity index (χ4n) is 3.06. The van der Waals surface area contributed by atoms with Gasteiger partial charge in [-0.3, -0.25) is 19.3 Å². The molecule has 7 nitrogen and oxygen atoms in total. The third-order valence-corrected chi connectivity index (χ3v) is 4.78. The van der Waals surface area contributed by atoms with Crippen molar-refractivity contribution in [3.05, 3.63) is 35.4 Å². The van der Waals surface area contributed by atoms with E-state index in [0.717, 1.165) is 12.1 Å². The van der Waals surface area contributed by atoms with Crippen molar-refractivity contribution in [1.29, 1.82) is 0 Å². The summed E-state index contributed by atoms with van der Waals surface area (Å²) in [6, 6.07) is 2.64. The first-order chi connectivity index (χ1) is 13.3. The lowest BCUT2D eigenvalue weighted by atomic mass is 10.2. The predicted molar refractivity (Wildman–Crippen MR) is 99.6 cm³/mol. The minimum Gasteiger partial charge on any atom is -0.343 e. The molecule has 0 unspecified atom stereocenters. The largest absolute Gasteiger partial charge is 0.343 e. The number of benzene rings is 1. The molecule has 0 atom stereocenters. The predicted octanol–water partition coefficient (Wildman–Crippen LogP) is 0.707. The van der Waals surface area contributed by atoms with Crippen molar-refractivity contribution in [2.75, 3.05) is 52.4 Å². The van der Waals surface area contributed by atoms with Crippen molar-refractivity contribution < 1.29 is 23.2 Å². The summed E-state index contributed by atoms with van der Waals surface area (Å²) in [5.74, 6) is -2.74. The Hall–Kier alpha value is -2.55. The SMILES string of the molecule is CCN(CC)C(=O)CN1CCN(C(=O)CNC(=O)c2ccc(F)cc2F)CC1. The summed E-state index contributed by atoms with van der Waals surface area (Å²) in [6.45, 7) is 7.30. The quantitative estimate of drug-likeness (QED) is 0.737. The van der Waals surface area contributed by atoms with Gasteiger partial charge in [-0.15, -0.1) is 0 Å². The maximum atomic E-state index is 13.6. The molecule has 0 spiro atoms. The number of nitrogens with one attached hydrogen (secondary N) is 1. The standard InChI is InChI=1S/C19H26F2N4O3/c1-3-24(4-2)18(27)13-23-7-9-25(10-8-23)17(26)12-22-19(28)15-6-5-14(20)11-16(15)21/h5-6,11H,3-4,7-10,12-13H2,1-2H3,(H,22,28). The molecule has 1 heterocycles. The van der Waals surface area contributed by atoms with Gasteiger partial charge in [0, 0.05) is 45.3 Å². The molecule has 1 aliphatic heterocycles. The van der Waals surface area contributed by atoms with Crippen LogP contribution in [0.1, 0.15) is 24.2 Å². The Bertz CT molecular complexity index is 717. The second-order valence-electron chi connectivity index (χ2n) is 6.53. The Morgan fingerprint density at radius 2 is 1.71 bits per heavy atom. The maximum absolute atomic E-state index is 13.6. The third-order valence-electron chi connectivity index (χ3n) is 4.78. The molecule has 0 aliphatic carbocycles. The highest BCUT2D eigenvalue weighted by Gasteiger charge is 2.24.